The van der Waals surface area contributed by atoms with E-state index in [9.17, 15) is 18.0 Å². The summed E-state index contributed by atoms with van der Waals surface area (Å²) in [5.74, 6) is -1.50. The van der Waals surface area contributed by atoms with Crippen molar-refractivity contribution < 1.29 is 23.1 Å². The van der Waals surface area contributed by atoms with Crippen molar-refractivity contribution in [1.82, 2.24) is 9.62 Å². The zero-order valence-corrected chi connectivity index (χ0v) is 16.0. The van der Waals surface area contributed by atoms with Crippen LogP contribution >= 0.6 is 0 Å². The minimum absolute atomic E-state index is 0.0122. The number of benzene rings is 1. The molecule has 26 heavy (non-hydrogen) atoms. The van der Waals surface area contributed by atoms with Crippen LogP contribution in [0.3, 0.4) is 0 Å². The third-order valence-corrected chi connectivity index (χ3v) is 6.63. The minimum atomic E-state index is -3.68. The van der Waals surface area contributed by atoms with Crippen LogP contribution in [0, 0.1) is 0 Å². The normalized spacial score (nSPS) is 17.0. The zero-order valence-electron chi connectivity index (χ0n) is 15.1. The summed E-state index contributed by atoms with van der Waals surface area (Å²) in [4.78, 5) is 23.1. The van der Waals surface area contributed by atoms with Crippen molar-refractivity contribution in [3.8, 4) is 0 Å². The molecule has 1 unspecified atom stereocenters. The quantitative estimate of drug-likeness (QED) is 0.753. The Kier molecular flexibility index (Phi) is 6.77. The van der Waals surface area contributed by atoms with Gasteiger partial charge in [0, 0.05) is 24.7 Å². The number of nitrogens with zero attached hydrogens (tertiary/aromatic N) is 1. The van der Waals surface area contributed by atoms with Crippen LogP contribution in [0.15, 0.2) is 29.2 Å². The molecule has 1 amide bonds. The van der Waals surface area contributed by atoms with Gasteiger partial charge in [-0.25, -0.2) is 8.42 Å². The van der Waals surface area contributed by atoms with E-state index in [2.05, 4.69) is 5.32 Å². The molecule has 0 saturated heterocycles. The van der Waals surface area contributed by atoms with E-state index in [1.54, 1.807) is 14.0 Å². The Hall–Kier alpha value is -1.93. The second-order valence-electron chi connectivity index (χ2n) is 6.81. The van der Waals surface area contributed by atoms with Crippen molar-refractivity contribution in [2.75, 3.05) is 7.05 Å². The van der Waals surface area contributed by atoms with Gasteiger partial charge >= 0.3 is 5.97 Å². The van der Waals surface area contributed by atoms with Gasteiger partial charge in [-0.3, -0.25) is 9.59 Å². The highest BCUT2D eigenvalue weighted by atomic mass is 32.2. The predicted octanol–water partition coefficient (Wildman–Crippen LogP) is 2.23. The molecule has 1 aliphatic rings. The summed E-state index contributed by atoms with van der Waals surface area (Å²) >= 11 is 0. The molecule has 0 radical (unpaired) electrons. The number of carbonyl (C=O) groups excluding carboxylic acids is 1. The highest BCUT2D eigenvalue weighted by Gasteiger charge is 2.29. The molecule has 0 aromatic heterocycles. The lowest BCUT2D eigenvalue weighted by Crippen LogP contribution is -2.38. The molecule has 0 bridgehead atoms. The number of hydrogen-bond donors (Lipinski definition) is 2. The van der Waals surface area contributed by atoms with Gasteiger partial charge < -0.3 is 10.4 Å². The summed E-state index contributed by atoms with van der Waals surface area (Å²) in [6.07, 6.45) is 4.68. The summed E-state index contributed by atoms with van der Waals surface area (Å²) < 4.78 is 27.2. The molecule has 0 spiro atoms. The van der Waals surface area contributed by atoms with Crippen molar-refractivity contribution in [2.24, 2.45) is 0 Å². The van der Waals surface area contributed by atoms with E-state index in [0.29, 0.717) is 0 Å². The van der Waals surface area contributed by atoms with Crippen molar-refractivity contribution in [3.05, 3.63) is 29.8 Å². The van der Waals surface area contributed by atoms with Gasteiger partial charge in [0.1, 0.15) is 0 Å². The fourth-order valence-corrected chi connectivity index (χ4v) is 4.69. The van der Waals surface area contributed by atoms with Gasteiger partial charge in [0.2, 0.25) is 10.0 Å². The Morgan fingerprint density at radius 2 is 1.92 bits per heavy atom. The van der Waals surface area contributed by atoms with E-state index < -0.39 is 27.9 Å². The molecule has 2 N–H and O–H groups in total. The number of hydrogen-bond acceptors (Lipinski definition) is 4. The van der Waals surface area contributed by atoms with Crippen LogP contribution in [0.4, 0.5) is 0 Å². The average Bonchev–Trinajstić information content (AvgIpc) is 2.61. The second-order valence-corrected chi connectivity index (χ2v) is 8.81. The highest BCUT2D eigenvalue weighted by Crippen LogP contribution is 2.26. The van der Waals surface area contributed by atoms with E-state index in [0.717, 1.165) is 32.1 Å². The summed E-state index contributed by atoms with van der Waals surface area (Å²) in [6.45, 7) is 1.59. The number of aliphatic carboxylic acids is 1. The van der Waals surface area contributed by atoms with Crippen LogP contribution < -0.4 is 5.32 Å². The molecule has 0 aliphatic heterocycles. The first-order valence-corrected chi connectivity index (χ1v) is 10.3. The van der Waals surface area contributed by atoms with Gasteiger partial charge in [-0.1, -0.05) is 25.3 Å². The maximum Gasteiger partial charge on any atom is 0.305 e. The van der Waals surface area contributed by atoms with Gasteiger partial charge in [0.25, 0.3) is 5.91 Å². The molecular formula is C18H26N2O5S. The predicted molar refractivity (Wildman–Crippen MR) is 97.4 cm³/mol. The minimum Gasteiger partial charge on any atom is -0.481 e. The highest BCUT2D eigenvalue weighted by molar-refractivity contribution is 7.89. The lowest BCUT2D eigenvalue weighted by Gasteiger charge is -2.30. The fraction of sp³-hybridized carbons (Fsp3) is 0.556. The number of carbonyl (C=O) groups is 2. The third-order valence-electron chi connectivity index (χ3n) is 4.72. The smallest absolute Gasteiger partial charge is 0.305 e. The zero-order chi connectivity index (χ0) is 19.3. The Labute approximate surface area is 154 Å². The largest absolute Gasteiger partial charge is 0.481 e. The van der Waals surface area contributed by atoms with Crippen LogP contribution in [-0.4, -0.2) is 48.8 Å². The van der Waals surface area contributed by atoms with E-state index in [1.807, 2.05) is 0 Å². The van der Waals surface area contributed by atoms with Gasteiger partial charge in [-0.05, 0) is 38.0 Å². The van der Waals surface area contributed by atoms with E-state index in [4.69, 9.17) is 5.11 Å². The number of sulfonamides is 1. The maximum absolute atomic E-state index is 12.9. The number of amides is 1. The van der Waals surface area contributed by atoms with Crippen LogP contribution in [0.5, 0.6) is 0 Å². The Morgan fingerprint density at radius 3 is 2.54 bits per heavy atom. The Balaban J connectivity index is 2.16. The average molecular weight is 382 g/mol. The van der Waals surface area contributed by atoms with Gasteiger partial charge in [0.05, 0.1) is 11.3 Å². The lowest BCUT2D eigenvalue weighted by molar-refractivity contribution is -0.137. The van der Waals surface area contributed by atoms with E-state index in [-0.39, 0.29) is 22.9 Å². The maximum atomic E-state index is 12.9. The molecule has 1 aromatic rings. The first kappa shape index (κ1) is 20.4. The van der Waals surface area contributed by atoms with Gasteiger partial charge in [-0.2, -0.15) is 4.31 Å². The van der Waals surface area contributed by atoms with Crippen molar-refractivity contribution >= 4 is 21.9 Å². The first-order valence-electron chi connectivity index (χ1n) is 8.82. The summed E-state index contributed by atoms with van der Waals surface area (Å²) in [7, 11) is -2.09. The van der Waals surface area contributed by atoms with Crippen molar-refractivity contribution in [3.63, 3.8) is 0 Å². The molecule has 1 saturated carbocycles. The molecule has 0 heterocycles. The van der Waals surface area contributed by atoms with Crippen LogP contribution in [0.2, 0.25) is 0 Å². The van der Waals surface area contributed by atoms with Crippen molar-refractivity contribution in [1.29, 1.82) is 0 Å². The van der Waals surface area contributed by atoms with Crippen molar-refractivity contribution in [2.45, 2.75) is 62.4 Å². The lowest BCUT2D eigenvalue weighted by atomic mass is 9.96. The van der Waals surface area contributed by atoms with Crippen LogP contribution in [-0.2, 0) is 14.8 Å². The number of nitrogens with one attached hydrogen (secondary N) is 1. The topological polar surface area (TPSA) is 104 Å². The van der Waals surface area contributed by atoms with Gasteiger partial charge in [0.15, 0.2) is 0 Å². The fourth-order valence-electron chi connectivity index (χ4n) is 3.23. The Bertz CT molecular complexity index is 757. The summed E-state index contributed by atoms with van der Waals surface area (Å²) in [5, 5.41) is 11.3. The molecule has 144 valence electrons. The third kappa shape index (κ3) is 5.04. The standard InChI is InChI=1S/C18H26N2O5S/c1-13(11-17(21)22)19-18(23)14-7-6-10-16(12-14)26(24,25)20(2)15-8-4-3-5-9-15/h6-7,10,12-13,15H,3-5,8-9,11H2,1-2H3,(H,19,23)(H,21,22). The first-order chi connectivity index (χ1) is 12.2. The molecular weight excluding hydrogens is 356 g/mol. The molecule has 1 aliphatic carbocycles. The SMILES string of the molecule is CC(CC(=O)O)NC(=O)c1cccc(S(=O)(=O)N(C)C2CCCCC2)c1. The van der Waals surface area contributed by atoms with Crippen LogP contribution in [0.25, 0.3) is 0 Å². The number of carboxylic acid groups (broad SMARTS) is 1. The van der Waals surface area contributed by atoms with E-state index in [1.165, 1.54) is 28.6 Å². The molecule has 1 aromatic carbocycles. The molecule has 2 rings (SSSR count). The summed E-state index contributed by atoms with van der Waals surface area (Å²) in [5.41, 5.74) is 0.195. The second kappa shape index (κ2) is 8.64. The monoisotopic (exact) mass is 382 g/mol. The summed E-state index contributed by atoms with van der Waals surface area (Å²) in [6, 6.07) is 5.30. The molecule has 7 nitrogen and oxygen atoms in total. The molecule has 1 atom stereocenters. The van der Waals surface area contributed by atoms with Gasteiger partial charge in [-0.15, -0.1) is 0 Å². The molecule has 1 fully saturated rings. The Morgan fingerprint density at radius 1 is 1.27 bits per heavy atom. The number of carboxylic acids is 1. The molecule has 8 heteroatoms. The number of rotatable bonds is 7. The van der Waals surface area contributed by atoms with Crippen LogP contribution in [0.1, 0.15) is 55.8 Å². The van der Waals surface area contributed by atoms with E-state index >= 15 is 0 Å².